The Hall–Kier alpha value is -0.960. The summed E-state index contributed by atoms with van der Waals surface area (Å²) in [4.78, 5) is 1.25. The molecule has 2 rings (SSSR count). The van der Waals surface area contributed by atoms with Crippen molar-refractivity contribution in [2.75, 3.05) is 0 Å². The lowest BCUT2D eigenvalue weighted by Crippen LogP contribution is -2.22. The molecule has 2 aromatic carbocycles. The van der Waals surface area contributed by atoms with Crippen molar-refractivity contribution in [3.05, 3.63) is 64.7 Å². The molecule has 0 radical (unpaired) electrons. The van der Waals surface area contributed by atoms with Gasteiger partial charge in [0, 0.05) is 21.2 Å². The normalized spacial score (nSPS) is 14.2. The molecule has 21 heavy (non-hydrogen) atoms. The Kier molecular flexibility index (Phi) is 5.74. The van der Waals surface area contributed by atoms with Crippen LogP contribution in [-0.2, 0) is 0 Å². The first-order valence-corrected chi connectivity index (χ1v) is 8.51. The van der Waals surface area contributed by atoms with Gasteiger partial charge in [-0.15, -0.1) is 11.8 Å². The zero-order valence-electron chi connectivity index (χ0n) is 12.7. The van der Waals surface area contributed by atoms with Gasteiger partial charge in [-0.2, -0.15) is 0 Å². The van der Waals surface area contributed by atoms with Gasteiger partial charge in [-0.25, -0.2) is 0 Å². The predicted molar refractivity (Wildman–Crippen MR) is 94.2 cm³/mol. The van der Waals surface area contributed by atoms with Crippen LogP contribution in [0.2, 0.25) is 5.02 Å². The maximum atomic E-state index is 6.18. The number of rotatable bonds is 5. The minimum atomic E-state index is 0.0703. The summed E-state index contributed by atoms with van der Waals surface area (Å²) < 4.78 is 0. The first-order chi connectivity index (χ1) is 9.97. The van der Waals surface area contributed by atoms with Crippen LogP contribution in [0, 0.1) is 0 Å². The molecule has 0 saturated heterocycles. The van der Waals surface area contributed by atoms with Crippen LogP contribution in [-0.4, -0.2) is 6.04 Å². The molecule has 0 aliphatic rings. The average Bonchev–Trinajstić information content (AvgIpc) is 2.46. The van der Waals surface area contributed by atoms with E-state index in [4.69, 9.17) is 17.3 Å². The van der Waals surface area contributed by atoms with E-state index in [2.05, 4.69) is 57.2 Å². The molecule has 0 bridgehead atoms. The summed E-state index contributed by atoms with van der Waals surface area (Å²) in [7, 11) is 0. The lowest BCUT2D eigenvalue weighted by atomic mass is 10.0. The van der Waals surface area contributed by atoms with Crippen molar-refractivity contribution in [3.8, 4) is 0 Å². The quantitative estimate of drug-likeness (QED) is 0.721. The maximum Gasteiger partial charge on any atom is 0.0492 e. The first-order valence-electron chi connectivity index (χ1n) is 7.25. The van der Waals surface area contributed by atoms with Crippen molar-refractivity contribution in [1.82, 2.24) is 0 Å². The maximum absolute atomic E-state index is 6.18. The predicted octanol–water partition coefficient (Wildman–Crippen LogP) is 5.64. The van der Waals surface area contributed by atoms with E-state index >= 15 is 0 Å². The van der Waals surface area contributed by atoms with Crippen molar-refractivity contribution in [2.24, 2.45) is 5.73 Å². The van der Waals surface area contributed by atoms with Gasteiger partial charge >= 0.3 is 0 Å². The molecule has 0 spiro atoms. The minimum absolute atomic E-state index is 0.0703. The van der Waals surface area contributed by atoms with E-state index in [9.17, 15) is 0 Å². The Balaban J connectivity index is 2.18. The van der Waals surface area contributed by atoms with E-state index in [-0.39, 0.29) is 11.3 Å². The van der Waals surface area contributed by atoms with E-state index in [1.54, 1.807) is 0 Å². The van der Waals surface area contributed by atoms with Crippen LogP contribution < -0.4 is 5.73 Å². The molecule has 0 aromatic heterocycles. The van der Waals surface area contributed by atoms with Crippen molar-refractivity contribution in [3.63, 3.8) is 0 Å². The molecule has 0 heterocycles. The minimum Gasteiger partial charge on any atom is -0.327 e. The average molecular weight is 320 g/mol. The van der Waals surface area contributed by atoms with Crippen molar-refractivity contribution >= 4 is 23.4 Å². The fourth-order valence-electron chi connectivity index (χ4n) is 2.21. The van der Waals surface area contributed by atoms with Crippen LogP contribution in [0.4, 0.5) is 0 Å². The molecule has 0 amide bonds. The van der Waals surface area contributed by atoms with Crippen LogP contribution in [0.15, 0.2) is 53.4 Å². The molecular formula is C18H22ClNS. The third kappa shape index (κ3) is 4.50. The largest absolute Gasteiger partial charge is 0.327 e. The van der Waals surface area contributed by atoms with Gasteiger partial charge in [-0.05, 0) is 48.2 Å². The van der Waals surface area contributed by atoms with Gasteiger partial charge in [-0.3, -0.25) is 0 Å². The highest BCUT2D eigenvalue weighted by atomic mass is 35.5. The zero-order chi connectivity index (χ0) is 15.4. The van der Waals surface area contributed by atoms with Crippen molar-refractivity contribution in [2.45, 2.75) is 42.9 Å². The molecule has 2 atom stereocenters. The summed E-state index contributed by atoms with van der Waals surface area (Å²) >= 11 is 7.77. The van der Waals surface area contributed by atoms with Crippen molar-refractivity contribution in [1.29, 1.82) is 0 Å². The Morgan fingerprint density at radius 1 is 0.857 bits per heavy atom. The molecule has 0 saturated carbocycles. The molecular weight excluding hydrogens is 298 g/mol. The Morgan fingerprint density at radius 3 is 1.86 bits per heavy atom. The van der Waals surface area contributed by atoms with E-state index in [1.165, 1.54) is 16.0 Å². The van der Waals surface area contributed by atoms with Crippen LogP contribution in [0.25, 0.3) is 0 Å². The topological polar surface area (TPSA) is 26.0 Å². The second-order valence-electron chi connectivity index (χ2n) is 5.67. The number of thioether (sulfide) groups is 1. The van der Waals surface area contributed by atoms with Crippen LogP contribution in [0.1, 0.15) is 43.1 Å². The summed E-state index contributed by atoms with van der Waals surface area (Å²) in [5.74, 6) is 0.560. The number of halogens is 1. The molecule has 2 aromatic rings. The van der Waals surface area contributed by atoms with Gasteiger partial charge in [0.1, 0.15) is 0 Å². The molecule has 2 unspecified atom stereocenters. The van der Waals surface area contributed by atoms with Gasteiger partial charge in [0.25, 0.3) is 0 Å². The second-order valence-corrected chi connectivity index (χ2v) is 7.32. The van der Waals surface area contributed by atoms with Gasteiger partial charge in [-0.1, -0.05) is 49.7 Å². The lowest BCUT2D eigenvalue weighted by molar-refractivity contribution is 0.721. The lowest BCUT2D eigenvalue weighted by Gasteiger charge is -2.21. The molecule has 3 heteroatoms. The van der Waals surface area contributed by atoms with E-state index in [0.717, 1.165) is 5.02 Å². The number of nitrogens with two attached hydrogens (primary N) is 1. The molecule has 0 fully saturated rings. The van der Waals surface area contributed by atoms with Crippen LogP contribution >= 0.6 is 23.4 Å². The smallest absolute Gasteiger partial charge is 0.0492 e. The Bertz CT molecular complexity index is 561. The highest BCUT2D eigenvalue weighted by Crippen LogP contribution is 2.37. The third-order valence-electron chi connectivity index (χ3n) is 3.49. The van der Waals surface area contributed by atoms with Gasteiger partial charge in [0.05, 0.1) is 0 Å². The summed E-state index contributed by atoms with van der Waals surface area (Å²) in [5, 5.41) is 0.987. The molecule has 2 N–H and O–H groups in total. The second kappa shape index (κ2) is 7.35. The first kappa shape index (κ1) is 16.4. The zero-order valence-corrected chi connectivity index (χ0v) is 14.3. The van der Waals surface area contributed by atoms with Crippen molar-refractivity contribution < 1.29 is 0 Å². The van der Waals surface area contributed by atoms with E-state index < -0.39 is 0 Å². The van der Waals surface area contributed by atoms with E-state index in [1.807, 2.05) is 23.9 Å². The fourth-order valence-corrected chi connectivity index (χ4v) is 3.43. The Morgan fingerprint density at radius 2 is 1.38 bits per heavy atom. The van der Waals surface area contributed by atoms with Crippen LogP contribution in [0.3, 0.4) is 0 Å². The molecule has 112 valence electrons. The van der Waals surface area contributed by atoms with Gasteiger partial charge < -0.3 is 5.73 Å². The fraction of sp³-hybridized carbons (Fsp3) is 0.333. The SMILES string of the molecule is CC(C)c1ccc(SC(c2ccc(Cl)cc2)C(C)N)cc1. The van der Waals surface area contributed by atoms with Crippen LogP contribution in [0.5, 0.6) is 0 Å². The number of hydrogen-bond donors (Lipinski definition) is 1. The van der Waals surface area contributed by atoms with Gasteiger partial charge in [0.2, 0.25) is 0 Å². The summed E-state index contributed by atoms with van der Waals surface area (Å²) in [6, 6.07) is 16.8. The highest BCUT2D eigenvalue weighted by Gasteiger charge is 2.17. The van der Waals surface area contributed by atoms with E-state index in [0.29, 0.717) is 5.92 Å². The highest BCUT2D eigenvalue weighted by molar-refractivity contribution is 7.99. The third-order valence-corrected chi connectivity index (χ3v) is 5.24. The monoisotopic (exact) mass is 319 g/mol. The molecule has 0 aliphatic heterocycles. The summed E-state index contributed by atoms with van der Waals surface area (Å²) in [6.07, 6.45) is 0. The van der Waals surface area contributed by atoms with Gasteiger partial charge in [0.15, 0.2) is 0 Å². The number of benzene rings is 2. The molecule has 0 aliphatic carbocycles. The standard InChI is InChI=1S/C18H22ClNS/c1-12(2)14-6-10-17(11-7-14)21-18(13(3)20)15-4-8-16(19)9-5-15/h4-13,18H,20H2,1-3H3. The number of hydrogen-bond acceptors (Lipinski definition) is 2. The summed E-state index contributed by atoms with van der Waals surface area (Å²) in [6.45, 7) is 6.47. The Labute approximate surface area is 136 Å². The summed E-state index contributed by atoms with van der Waals surface area (Å²) in [5.41, 5.74) is 8.76. The molecule has 1 nitrogen and oxygen atoms in total.